The summed E-state index contributed by atoms with van der Waals surface area (Å²) in [5.74, 6) is 0.212. The van der Waals surface area contributed by atoms with Crippen molar-refractivity contribution in [1.82, 2.24) is 20.5 Å². The summed E-state index contributed by atoms with van der Waals surface area (Å²) in [6.07, 6.45) is 4.95. The number of rotatable bonds is 13. The largest absolute Gasteiger partial charge is 0.461 e. The average molecular weight is 515 g/mol. The van der Waals surface area contributed by atoms with Crippen molar-refractivity contribution in [2.75, 3.05) is 40.3 Å². The fraction of sp³-hybridized carbons (Fsp3) is 0.500. The van der Waals surface area contributed by atoms with Gasteiger partial charge in [-0.25, -0.2) is 9.37 Å². The van der Waals surface area contributed by atoms with Gasteiger partial charge in [0, 0.05) is 48.6 Å². The number of hydrogen-bond donors (Lipinski definition) is 2. The summed E-state index contributed by atoms with van der Waals surface area (Å²) < 4.78 is 25.6. The summed E-state index contributed by atoms with van der Waals surface area (Å²) in [4.78, 5) is 8.44. The molecule has 172 valence electrons. The monoisotopic (exact) mass is 514 g/mol. The van der Waals surface area contributed by atoms with Crippen molar-refractivity contribution < 1.29 is 13.9 Å². The maximum atomic E-state index is 13.5. The van der Waals surface area contributed by atoms with Gasteiger partial charge < -0.3 is 25.0 Å². The molecule has 2 N–H and O–H groups in total. The molecule has 2 heterocycles. The Kier molecular flexibility index (Phi) is 11.5. The van der Waals surface area contributed by atoms with Gasteiger partial charge in [0.2, 0.25) is 6.29 Å². The van der Waals surface area contributed by atoms with Gasteiger partial charge in [-0.3, -0.25) is 0 Å². The first kappa shape index (κ1) is 25.7. The molecule has 9 heteroatoms. The zero-order valence-electron chi connectivity index (χ0n) is 18.4. The molecule has 1 fully saturated rings. The van der Waals surface area contributed by atoms with Gasteiger partial charge in [0.15, 0.2) is 0 Å². The van der Waals surface area contributed by atoms with Crippen LogP contribution in [0.4, 0.5) is 4.39 Å². The Morgan fingerprint density at radius 3 is 2.87 bits per heavy atom. The molecule has 2 atom stereocenters. The van der Waals surface area contributed by atoms with Crippen LogP contribution < -0.4 is 10.6 Å². The number of allylic oxidation sites excluding steroid dienone is 4. The smallest absolute Gasteiger partial charge is 0.225 e. The van der Waals surface area contributed by atoms with Crippen LogP contribution in [0.2, 0.25) is 0 Å². The topological polar surface area (TPSA) is 58.7 Å². The lowest BCUT2D eigenvalue weighted by molar-refractivity contribution is -0.0855. The number of nitrogens with one attached hydrogen (secondary N) is 2. The highest BCUT2D eigenvalue weighted by molar-refractivity contribution is 9.11. The van der Waals surface area contributed by atoms with E-state index in [4.69, 9.17) is 9.47 Å². The van der Waals surface area contributed by atoms with E-state index in [1.54, 1.807) is 22.4 Å². The first-order valence-corrected chi connectivity index (χ1v) is 12.1. The molecule has 1 saturated heterocycles. The zero-order chi connectivity index (χ0) is 22.6. The second-order valence-electron chi connectivity index (χ2n) is 7.13. The number of hydrogen-bond acceptors (Lipinski definition) is 7. The third kappa shape index (κ3) is 8.16. The third-order valence-electron chi connectivity index (χ3n) is 4.75. The number of halogens is 2. The minimum absolute atomic E-state index is 0.327. The number of thiazole rings is 1. The van der Waals surface area contributed by atoms with E-state index in [0.29, 0.717) is 24.8 Å². The van der Waals surface area contributed by atoms with Crippen molar-refractivity contribution in [3.63, 3.8) is 0 Å². The van der Waals surface area contributed by atoms with Crippen LogP contribution >= 0.6 is 27.3 Å². The predicted molar refractivity (Wildman–Crippen MR) is 128 cm³/mol. The van der Waals surface area contributed by atoms with Crippen LogP contribution in [-0.2, 0) is 16.0 Å². The summed E-state index contributed by atoms with van der Waals surface area (Å²) >= 11 is 4.88. The average Bonchev–Trinajstić information content (AvgIpc) is 3.36. The number of ether oxygens (including phenoxy) is 2. The Hall–Kier alpha value is -1.52. The first-order valence-electron chi connectivity index (χ1n) is 10.3. The van der Waals surface area contributed by atoms with E-state index in [2.05, 4.69) is 43.0 Å². The molecule has 0 spiro atoms. The Morgan fingerprint density at radius 2 is 2.29 bits per heavy atom. The van der Waals surface area contributed by atoms with Gasteiger partial charge in [-0.15, -0.1) is 11.3 Å². The molecule has 1 aliphatic rings. The third-order valence-corrected chi connectivity index (χ3v) is 5.78. The minimum Gasteiger partial charge on any atom is -0.461 e. The number of aromatic nitrogens is 1. The lowest BCUT2D eigenvalue weighted by Gasteiger charge is -2.28. The van der Waals surface area contributed by atoms with Gasteiger partial charge in [-0.2, -0.15) is 0 Å². The molecule has 0 aromatic carbocycles. The van der Waals surface area contributed by atoms with Crippen LogP contribution in [-0.4, -0.2) is 56.5 Å². The first-order chi connectivity index (χ1) is 15.0. The van der Waals surface area contributed by atoms with Gasteiger partial charge in [0.05, 0.1) is 6.54 Å². The zero-order valence-corrected chi connectivity index (χ0v) is 20.8. The molecular formula is C22H32BrFN4O2S. The van der Waals surface area contributed by atoms with Crippen molar-refractivity contribution in [2.45, 2.75) is 26.2 Å². The quantitative estimate of drug-likeness (QED) is 0.232. The molecule has 1 aromatic heterocycles. The number of likely N-dealkylation sites (N-methyl/N-ethyl adjacent to an activating group) is 1. The summed E-state index contributed by atoms with van der Waals surface area (Å²) in [6, 6.07) is 0. The second kappa shape index (κ2) is 13.8. The lowest BCUT2D eigenvalue weighted by atomic mass is 10.0. The number of likely N-dealkylation sites (tertiary alicyclic amines) is 1. The molecule has 0 aliphatic carbocycles. The minimum atomic E-state index is -0.658. The van der Waals surface area contributed by atoms with E-state index in [9.17, 15) is 4.39 Å². The van der Waals surface area contributed by atoms with Crippen molar-refractivity contribution in [1.29, 1.82) is 0 Å². The normalized spacial score (nSPS) is 19.8. The van der Waals surface area contributed by atoms with Crippen molar-refractivity contribution in [3.8, 4) is 0 Å². The molecule has 2 rings (SSSR count). The van der Waals surface area contributed by atoms with E-state index in [1.807, 2.05) is 32.6 Å². The Morgan fingerprint density at radius 1 is 1.48 bits per heavy atom. The highest BCUT2D eigenvalue weighted by Gasteiger charge is 2.32. The summed E-state index contributed by atoms with van der Waals surface area (Å²) in [6.45, 7) is 8.86. The molecular weight excluding hydrogens is 483 g/mol. The van der Waals surface area contributed by atoms with Gasteiger partial charge in [-0.05, 0) is 51.0 Å². The van der Waals surface area contributed by atoms with Crippen LogP contribution in [0, 0.1) is 5.92 Å². The van der Waals surface area contributed by atoms with Crippen LogP contribution in [0.15, 0.2) is 58.1 Å². The molecule has 1 aliphatic heterocycles. The molecule has 1 unspecified atom stereocenters. The maximum absolute atomic E-state index is 13.5. The fourth-order valence-corrected chi connectivity index (χ4v) is 4.52. The molecule has 0 amide bonds. The van der Waals surface area contributed by atoms with E-state index in [1.165, 1.54) is 11.8 Å². The Balaban J connectivity index is 2.43. The van der Waals surface area contributed by atoms with Crippen molar-refractivity contribution >= 4 is 27.3 Å². The van der Waals surface area contributed by atoms with E-state index >= 15 is 0 Å². The Labute approximate surface area is 197 Å². The maximum Gasteiger partial charge on any atom is 0.225 e. The van der Waals surface area contributed by atoms with Crippen LogP contribution in [0.25, 0.3) is 0 Å². The summed E-state index contributed by atoms with van der Waals surface area (Å²) in [5, 5.41) is 9.60. The van der Waals surface area contributed by atoms with Gasteiger partial charge in [-0.1, -0.05) is 22.5 Å². The van der Waals surface area contributed by atoms with Crippen LogP contribution in [0.5, 0.6) is 0 Å². The summed E-state index contributed by atoms with van der Waals surface area (Å²) in [7, 11) is 3.87. The highest BCUT2D eigenvalue weighted by atomic mass is 79.9. The van der Waals surface area contributed by atoms with E-state index in [-0.39, 0.29) is 0 Å². The van der Waals surface area contributed by atoms with Crippen LogP contribution in [0.3, 0.4) is 0 Å². The highest BCUT2D eigenvalue weighted by Crippen LogP contribution is 2.33. The van der Waals surface area contributed by atoms with E-state index < -0.39 is 12.1 Å². The van der Waals surface area contributed by atoms with E-state index in [0.717, 1.165) is 36.6 Å². The molecule has 31 heavy (non-hydrogen) atoms. The standard InChI is InChI=1S/C22H32BrFN4O2S/c1-5-29-22(30-18(6-7-23)10-16(2)24)19(13-26-4)20-11-17(12-25-3)14-28(20)15-21-27-8-9-31-21/h6-10,17,22,25-26H,2,5,11-15H2,1,3-4H3/b7-6+,18-10+,20-19+/t17-,22?/m0/s1. The molecule has 0 bridgehead atoms. The number of nitrogens with zero attached hydrogens (tertiary/aromatic N) is 2. The fourth-order valence-electron chi connectivity index (χ4n) is 3.63. The second-order valence-corrected chi connectivity index (χ2v) is 8.64. The molecule has 1 aromatic rings. The molecule has 0 radical (unpaired) electrons. The Bertz CT molecular complexity index is 782. The van der Waals surface area contributed by atoms with Gasteiger partial charge in [0.25, 0.3) is 0 Å². The molecule has 0 saturated carbocycles. The van der Waals surface area contributed by atoms with Crippen molar-refractivity contribution in [2.24, 2.45) is 5.92 Å². The van der Waals surface area contributed by atoms with Gasteiger partial charge >= 0.3 is 0 Å². The van der Waals surface area contributed by atoms with Crippen LogP contribution in [0.1, 0.15) is 18.4 Å². The van der Waals surface area contributed by atoms with Gasteiger partial charge in [0.1, 0.15) is 16.6 Å². The summed E-state index contributed by atoms with van der Waals surface area (Å²) in [5.41, 5.74) is 2.18. The SMILES string of the molecule is C=C(F)/C=C(\C=C\Br)OC(OCC)/C(CNC)=C1\C[C@@H](CNC)CN1Cc1nccs1. The predicted octanol–water partition coefficient (Wildman–Crippen LogP) is 4.31. The molecule has 6 nitrogen and oxygen atoms in total. The lowest BCUT2D eigenvalue weighted by Crippen LogP contribution is -2.31. The van der Waals surface area contributed by atoms with Crippen molar-refractivity contribution in [3.05, 3.63) is 63.2 Å².